The van der Waals surface area contributed by atoms with Crippen LogP contribution in [0.3, 0.4) is 0 Å². The van der Waals surface area contributed by atoms with Crippen molar-refractivity contribution in [2.45, 2.75) is 31.8 Å². The number of ether oxygens (including phenoxy) is 1. The number of fused-ring (bicyclic) bond motifs is 1. The summed E-state index contributed by atoms with van der Waals surface area (Å²) < 4.78 is 39.8. The summed E-state index contributed by atoms with van der Waals surface area (Å²) in [6, 6.07) is 14.6. The van der Waals surface area contributed by atoms with Gasteiger partial charge in [0.2, 0.25) is 0 Å². The van der Waals surface area contributed by atoms with E-state index in [4.69, 9.17) is 10.6 Å². The number of carbonyl (C=O) groups is 1. The van der Waals surface area contributed by atoms with E-state index in [9.17, 15) is 17.8 Å². The highest BCUT2D eigenvalue weighted by Gasteiger charge is 2.20. The molecule has 0 aliphatic carbocycles. The Hall–Kier alpha value is -4.55. The molecule has 0 aliphatic heterocycles. The van der Waals surface area contributed by atoms with E-state index in [-0.39, 0.29) is 27.8 Å². The van der Waals surface area contributed by atoms with E-state index in [1.807, 2.05) is 26.8 Å². The first-order valence-corrected chi connectivity index (χ1v) is 12.8. The van der Waals surface area contributed by atoms with Gasteiger partial charge < -0.3 is 10.6 Å². The van der Waals surface area contributed by atoms with Gasteiger partial charge in [-0.3, -0.25) is 14.3 Å². The van der Waals surface area contributed by atoms with Gasteiger partial charge in [0.1, 0.15) is 27.7 Å². The summed E-state index contributed by atoms with van der Waals surface area (Å²) in [6.07, 6.45) is 2.06. The molecule has 0 unspecified atom stereocenters. The molecule has 0 radical (unpaired) electrons. The van der Waals surface area contributed by atoms with Gasteiger partial charge in [0.25, 0.3) is 10.1 Å². The van der Waals surface area contributed by atoms with E-state index >= 15 is 0 Å². The smallest absolute Gasteiger partial charge is 0.295 e. The second-order valence-electron chi connectivity index (χ2n) is 8.60. The van der Waals surface area contributed by atoms with Crippen LogP contribution in [0, 0.1) is 6.92 Å². The monoisotopic (exact) mass is 532 g/mol. The molecule has 0 aliphatic rings. The number of aryl methyl sites for hydroxylation is 1. The number of pyridine rings is 1. The third kappa shape index (κ3) is 5.56. The topological polar surface area (TPSA) is 169 Å². The molecule has 194 valence electrons. The number of aromatic nitrogens is 1. The first-order chi connectivity index (χ1) is 18.1. The van der Waals surface area contributed by atoms with Gasteiger partial charge in [0.05, 0.1) is 23.6 Å². The number of nitrogens with zero attached hydrogens (tertiary/aromatic N) is 5. The van der Waals surface area contributed by atoms with Gasteiger partial charge in [0.15, 0.2) is 6.29 Å². The third-order valence-electron chi connectivity index (χ3n) is 5.43. The van der Waals surface area contributed by atoms with Gasteiger partial charge in [-0.05, 0) is 56.7 Å². The first-order valence-electron chi connectivity index (χ1n) is 11.4. The lowest BCUT2D eigenvalue weighted by Crippen LogP contribution is -2.09. The SMILES string of the molecule is Cc1cc(C=O)c(OC(C)C)c(-c2ccc(/N=N/c3cc(S(=O)(=O)O)c4ccccc4c3N=NN)cn2)c1. The van der Waals surface area contributed by atoms with Crippen LogP contribution >= 0.6 is 0 Å². The van der Waals surface area contributed by atoms with Crippen LogP contribution in [0.2, 0.25) is 0 Å². The highest BCUT2D eigenvalue weighted by molar-refractivity contribution is 7.86. The summed E-state index contributed by atoms with van der Waals surface area (Å²) in [7, 11) is -4.58. The number of carbonyl (C=O) groups excluding carboxylic acids is 1. The van der Waals surface area contributed by atoms with Gasteiger partial charge in [0, 0.05) is 16.3 Å². The maximum atomic E-state index is 12.0. The van der Waals surface area contributed by atoms with Crippen LogP contribution in [0.15, 0.2) is 86.3 Å². The van der Waals surface area contributed by atoms with Crippen molar-refractivity contribution in [2.24, 2.45) is 26.4 Å². The van der Waals surface area contributed by atoms with E-state index < -0.39 is 10.1 Å². The van der Waals surface area contributed by atoms with E-state index in [2.05, 4.69) is 25.5 Å². The van der Waals surface area contributed by atoms with Gasteiger partial charge in [-0.1, -0.05) is 29.5 Å². The van der Waals surface area contributed by atoms with E-state index in [0.717, 1.165) is 17.9 Å². The lowest BCUT2D eigenvalue weighted by Gasteiger charge is -2.17. The van der Waals surface area contributed by atoms with Crippen LogP contribution in [0.5, 0.6) is 5.75 Å². The quantitative estimate of drug-likeness (QED) is 0.0865. The Bertz CT molecular complexity index is 1680. The summed E-state index contributed by atoms with van der Waals surface area (Å²) in [5.74, 6) is 5.71. The molecule has 3 aromatic carbocycles. The average Bonchev–Trinajstić information content (AvgIpc) is 2.88. The number of aldehydes is 1. The number of hydrogen-bond donors (Lipinski definition) is 2. The molecule has 0 fully saturated rings. The van der Waals surface area contributed by atoms with Crippen LogP contribution < -0.4 is 10.6 Å². The van der Waals surface area contributed by atoms with E-state index in [1.54, 1.807) is 36.4 Å². The van der Waals surface area contributed by atoms with Crippen LogP contribution in [0.1, 0.15) is 29.8 Å². The van der Waals surface area contributed by atoms with Crippen molar-refractivity contribution < 1.29 is 22.5 Å². The zero-order valence-corrected chi connectivity index (χ0v) is 21.5. The molecular formula is C26H24N6O5S. The summed E-state index contributed by atoms with van der Waals surface area (Å²) >= 11 is 0. The summed E-state index contributed by atoms with van der Waals surface area (Å²) in [5, 5.41) is 16.1. The van der Waals surface area contributed by atoms with Crippen molar-refractivity contribution in [1.82, 2.24) is 4.98 Å². The Balaban J connectivity index is 1.77. The molecule has 0 bridgehead atoms. The molecule has 0 amide bonds. The highest BCUT2D eigenvalue weighted by atomic mass is 32.2. The number of hydrogen-bond acceptors (Lipinski definition) is 9. The largest absolute Gasteiger partial charge is 0.490 e. The minimum Gasteiger partial charge on any atom is -0.490 e. The predicted octanol–water partition coefficient (Wildman–Crippen LogP) is 6.43. The molecule has 0 atom stereocenters. The summed E-state index contributed by atoms with van der Waals surface area (Å²) in [5.41, 5.74) is 3.06. The predicted molar refractivity (Wildman–Crippen MR) is 142 cm³/mol. The van der Waals surface area contributed by atoms with Gasteiger partial charge in [-0.15, -0.1) is 15.3 Å². The fourth-order valence-corrected chi connectivity index (χ4v) is 4.64. The van der Waals surface area contributed by atoms with Gasteiger partial charge in [-0.25, -0.2) is 0 Å². The number of nitrogens with two attached hydrogens (primary N) is 1. The number of benzene rings is 3. The third-order valence-corrected chi connectivity index (χ3v) is 6.33. The molecule has 4 rings (SSSR count). The first kappa shape index (κ1) is 26.5. The van der Waals surface area contributed by atoms with E-state index in [0.29, 0.717) is 33.6 Å². The fourth-order valence-electron chi connectivity index (χ4n) is 3.93. The molecule has 1 aromatic heterocycles. The lowest BCUT2D eigenvalue weighted by atomic mass is 10.0. The van der Waals surface area contributed by atoms with Gasteiger partial charge in [-0.2, -0.15) is 8.42 Å². The zero-order chi connectivity index (χ0) is 27.4. The van der Waals surface area contributed by atoms with E-state index in [1.165, 1.54) is 12.3 Å². The van der Waals surface area contributed by atoms with Crippen molar-refractivity contribution in [3.63, 3.8) is 0 Å². The van der Waals surface area contributed by atoms with Crippen molar-refractivity contribution in [3.05, 3.63) is 71.9 Å². The van der Waals surface area contributed by atoms with Crippen LogP contribution in [0.4, 0.5) is 17.1 Å². The molecule has 3 N–H and O–H groups in total. The molecule has 0 saturated carbocycles. The summed E-state index contributed by atoms with van der Waals surface area (Å²) in [4.78, 5) is 15.8. The Morgan fingerprint density at radius 3 is 2.37 bits per heavy atom. The Morgan fingerprint density at radius 1 is 1.03 bits per heavy atom. The lowest BCUT2D eigenvalue weighted by molar-refractivity contribution is 0.111. The van der Waals surface area contributed by atoms with Crippen molar-refractivity contribution >= 4 is 44.2 Å². The minimum atomic E-state index is -4.58. The Labute approximate surface area is 218 Å². The molecular weight excluding hydrogens is 508 g/mol. The molecule has 38 heavy (non-hydrogen) atoms. The second kappa shape index (κ2) is 10.8. The molecule has 11 nitrogen and oxygen atoms in total. The Kier molecular flexibility index (Phi) is 7.55. The number of azo groups is 1. The average molecular weight is 533 g/mol. The van der Waals surface area contributed by atoms with Crippen LogP contribution in [-0.4, -0.2) is 30.3 Å². The second-order valence-corrected chi connectivity index (χ2v) is 9.99. The molecule has 12 heteroatoms. The summed E-state index contributed by atoms with van der Waals surface area (Å²) in [6.45, 7) is 5.61. The molecule has 0 spiro atoms. The van der Waals surface area contributed by atoms with Crippen LogP contribution in [-0.2, 0) is 10.1 Å². The molecule has 0 saturated heterocycles. The fraction of sp³-hybridized carbons (Fsp3) is 0.154. The highest BCUT2D eigenvalue weighted by Crippen LogP contribution is 2.41. The standard InChI is InChI=1S/C26H24N6O5S/c1-15(2)37-26-17(14-33)10-16(3)11-21(26)22-9-8-18(13-28-22)29-30-23-12-24(38(34,35)36)19-6-4-5-7-20(19)25(23)31-32-27/h4-15H,1-3H3,(H2,27,31)(H,34,35,36)/b30-29+. The van der Waals surface area contributed by atoms with Crippen molar-refractivity contribution in [3.8, 4) is 17.0 Å². The van der Waals surface area contributed by atoms with Crippen molar-refractivity contribution in [2.75, 3.05) is 0 Å². The molecule has 1 heterocycles. The van der Waals surface area contributed by atoms with Gasteiger partial charge >= 0.3 is 0 Å². The maximum absolute atomic E-state index is 12.0. The zero-order valence-electron chi connectivity index (χ0n) is 20.7. The Morgan fingerprint density at radius 2 is 1.76 bits per heavy atom. The van der Waals surface area contributed by atoms with Crippen LogP contribution in [0.25, 0.3) is 22.0 Å². The minimum absolute atomic E-state index is 0.0246. The van der Waals surface area contributed by atoms with Crippen molar-refractivity contribution in [1.29, 1.82) is 0 Å². The molecule has 4 aromatic rings. The normalized spacial score (nSPS) is 12.1. The maximum Gasteiger partial charge on any atom is 0.295 e. The number of rotatable bonds is 8.